The van der Waals surface area contributed by atoms with Crippen LogP contribution in [0.15, 0.2) is 24.5 Å². The van der Waals surface area contributed by atoms with E-state index in [-0.39, 0.29) is 23.1 Å². The second-order valence-electron chi connectivity index (χ2n) is 6.46. The van der Waals surface area contributed by atoms with Crippen LogP contribution in [0.25, 0.3) is 0 Å². The van der Waals surface area contributed by atoms with Crippen molar-refractivity contribution in [1.82, 2.24) is 19.3 Å². The number of nitrogen functional groups attached to an aromatic ring is 1. The Morgan fingerprint density at radius 1 is 1.32 bits per heavy atom. The minimum Gasteiger partial charge on any atom is -0.494 e. The van der Waals surface area contributed by atoms with Gasteiger partial charge in [0.1, 0.15) is 11.6 Å². The molecule has 0 unspecified atom stereocenters. The fourth-order valence-electron chi connectivity index (χ4n) is 3.01. The fraction of sp³-hybridized carbons (Fsp3) is 0.412. The molecule has 10 nitrogen and oxygen atoms in total. The van der Waals surface area contributed by atoms with Crippen molar-refractivity contribution in [3.05, 3.63) is 35.8 Å². The molecule has 1 saturated heterocycles. The predicted molar refractivity (Wildman–Crippen MR) is 104 cm³/mol. The molecule has 2 aromatic rings. The van der Waals surface area contributed by atoms with Gasteiger partial charge in [-0.15, -0.1) is 0 Å². The highest BCUT2D eigenvalue weighted by Gasteiger charge is 2.26. The van der Waals surface area contributed by atoms with Crippen LogP contribution in [0.2, 0.25) is 0 Å². The van der Waals surface area contributed by atoms with Crippen molar-refractivity contribution in [2.45, 2.75) is 18.9 Å². The molecule has 3 N–H and O–H groups in total. The van der Waals surface area contributed by atoms with E-state index in [9.17, 15) is 13.2 Å². The average molecular weight is 406 g/mol. The summed E-state index contributed by atoms with van der Waals surface area (Å²) in [7, 11) is -1.72. The Balaban J connectivity index is 1.70. The first-order chi connectivity index (χ1) is 13.3. The van der Waals surface area contributed by atoms with Crippen LogP contribution >= 0.6 is 0 Å². The van der Waals surface area contributed by atoms with E-state index in [1.165, 1.54) is 30.1 Å². The highest BCUT2D eigenvalue weighted by molar-refractivity contribution is 7.88. The second-order valence-corrected chi connectivity index (χ2v) is 8.44. The van der Waals surface area contributed by atoms with Crippen molar-refractivity contribution < 1.29 is 17.9 Å². The third-order valence-corrected chi connectivity index (χ3v) is 5.83. The molecule has 28 heavy (non-hydrogen) atoms. The number of rotatable bonds is 6. The molecule has 150 valence electrons. The topological polar surface area (TPSA) is 140 Å². The summed E-state index contributed by atoms with van der Waals surface area (Å²) in [5, 5.41) is 3.15. The number of hydrogen-bond donors (Lipinski definition) is 2. The molecule has 0 atom stereocenters. The van der Waals surface area contributed by atoms with Crippen LogP contribution in [0, 0.1) is 0 Å². The smallest absolute Gasteiger partial charge is 0.224 e. The van der Waals surface area contributed by atoms with Gasteiger partial charge in [0.2, 0.25) is 21.8 Å². The summed E-state index contributed by atoms with van der Waals surface area (Å²) in [6, 6.07) is 3.32. The van der Waals surface area contributed by atoms with Gasteiger partial charge in [0.05, 0.1) is 18.9 Å². The highest BCUT2D eigenvalue weighted by Crippen LogP contribution is 2.22. The number of ketones is 1. The Bertz CT molecular complexity index is 973. The molecule has 1 aliphatic heterocycles. The highest BCUT2D eigenvalue weighted by atomic mass is 32.2. The molecule has 0 saturated carbocycles. The number of nitrogens with zero attached hydrogens (tertiary/aromatic N) is 4. The van der Waals surface area contributed by atoms with Gasteiger partial charge >= 0.3 is 0 Å². The second kappa shape index (κ2) is 8.07. The van der Waals surface area contributed by atoms with Gasteiger partial charge in [-0.05, 0) is 25.0 Å². The van der Waals surface area contributed by atoms with Crippen molar-refractivity contribution in [2.75, 3.05) is 37.5 Å². The quantitative estimate of drug-likeness (QED) is 0.657. The zero-order chi connectivity index (χ0) is 20.3. The Morgan fingerprint density at radius 2 is 2.04 bits per heavy atom. The van der Waals surface area contributed by atoms with Crippen molar-refractivity contribution in [3.63, 3.8) is 0 Å². The number of carbonyl (C=O) groups is 1. The summed E-state index contributed by atoms with van der Waals surface area (Å²) in [6.45, 7) is 0.865. The van der Waals surface area contributed by atoms with Crippen LogP contribution in [0.5, 0.6) is 5.75 Å². The van der Waals surface area contributed by atoms with E-state index in [1.54, 1.807) is 12.1 Å². The van der Waals surface area contributed by atoms with E-state index in [1.807, 2.05) is 0 Å². The molecule has 0 aliphatic carbocycles. The number of nitrogens with one attached hydrogen (secondary N) is 1. The maximum absolute atomic E-state index is 12.7. The number of methoxy groups -OCH3 is 1. The first-order valence-corrected chi connectivity index (χ1v) is 10.5. The van der Waals surface area contributed by atoms with Gasteiger partial charge in [-0.25, -0.2) is 22.7 Å². The number of pyridine rings is 1. The summed E-state index contributed by atoms with van der Waals surface area (Å²) >= 11 is 0. The predicted octanol–water partition coefficient (Wildman–Crippen LogP) is 0.529. The summed E-state index contributed by atoms with van der Waals surface area (Å²) < 4.78 is 29.8. The number of piperidine rings is 1. The molecule has 0 amide bonds. The summed E-state index contributed by atoms with van der Waals surface area (Å²) in [4.78, 5) is 25.1. The van der Waals surface area contributed by atoms with Crippen LogP contribution in [0.4, 0.5) is 11.8 Å². The van der Waals surface area contributed by atoms with Crippen molar-refractivity contribution >= 4 is 27.6 Å². The molecule has 0 radical (unpaired) electrons. The lowest BCUT2D eigenvalue weighted by Gasteiger charge is -2.30. The minimum absolute atomic E-state index is 0.0230. The van der Waals surface area contributed by atoms with Crippen LogP contribution in [-0.2, 0) is 10.0 Å². The first kappa shape index (κ1) is 20.0. The molecule has 0 aromatic carbocycles. The van der Waals surface area contributed by atoms with Crippen LogP contribution in [0.1, 0.15) is 28.9 Å². The number of ether oxygens (including phenoxy) is 1. The van der Waals surface area contributed by atoms with E-state index in [0.29, 0.717) is 37.6 Å². The molecule has 0 bridgehead atoms. The van der Waals surface area contributed by atoms with Gasteiger partial charge in [-0.3, -0.25) is 4.79 Å². The largest absolute Gasteiger partial charge is 0.494 e. The number of nitrogens with two attached hydrogens (primary N) is 1. The average Bonchev–Trinajstić information content (AvgIpc) is 2.67. The number of sulfonamides is 1. The van der Waals surface area contributed by atoms with Crippen LogP contribution < -0.4 is 15.8 Å². The number of anilines is 2. The van der Waals surface area contributed by atoms with Gasteiger partial charge in [0.25, 0.3) is 0 Å². The van der Waals surface area contributed by atoms with E-state index in [4.69, 9.17) is 10.5 Å². The number of hydrogen-bond acceptors (Lipinski definition) is 9. The zero-order valence-electron chi connectivity index (χ0n) is 15.6. The Labute approximate surface area is 163 Å². The first-order valence-electron chi connectivity index (χ1n) is 8.67. The summed E-state index contributed by atoms with van der Waals surface area (Å²) in [5.41, 5.74) is 6.23. The monoisotopic (exact) mass is 406 g/mol. The lowest BCUT2D eigenvalue weighted by Crippen LogP contribution is -2.42. The van der Waals surface area contributed by atoms with Gasteiger partial charge in [0.15, 0.2) is 5.69 Å². The molecule has 3 rings (SSSR count). The van der Waals surface area contributed by atoms with Crippen LogP contribution in [0.3, 0.4) is 0 Å². The van der Waals surface area contributed by atoms with E-state index < -0.39 is 15.8 Å². The van der Waals surface area contributed by atoms with Crippen molar-refractivity contribution in [1.29, 1.82) is 0 Å². The molecule has 1 aliphatic rings. The lowest BCUT2D eigenvalue weighted by molar-refractivity contribution is 0.103. The minimum atomic E-state index is -3.18. The maximum atomic E-state index is 12.7. The van der Waals surface area contributed by atoms with E-state index in [2.05, 4.69) is 20.3 Å². The SMILES string of the molecule is COc1cccnc1C(=O)c1cnc(NC2CCN(S(C)(=O)=O)CC2)nc1N. The van der Waals surface area contributed by atoms with E-state index >= 15 is 0 Å². The molecule has 2 aromatic heterocycles. The molecular formula is C17H22N6O4S. The summed E-state index contributed by atoms with van der Waals surface area (Å²) in [5.74, 6) is 0.235. The molecule has 3 heterocycles. The zero-order valence-corrected chi connectivity index (χ0v) is 16.4. The van der Waals surface area contributed by atoms with E-state index in [0.717, 1.165) is 0 Å². The molecule has 0 spiro atoms. The Kier molecular flexibility index (Phi) is 5.75. The van der Waals surface area contributed by atoms with Crippen molar-refractivity contribution in [3.8, 4) is 5.75 Å². The van der Waals surface area contributed by atoms with Crippen molar-refractivity contribution in [2.24, 2.45) is 0 Å². The Morgan fingerprint density at radius 3 is 2.64 bits per heavy atom. The third kappa shape index (κ3) is 4.37. The lowest BCUT2D eigenvalue weighted by atomic mass is 10.1. The van der Waals surface area contributed by atoms with Gasteiger partial charge in [-0.1, -0.05) is 0 Å². The fourth-order valence-corrected chi connectivity index (χ4v) is 3.88. The number of aromatic nitrogens is 3. The normalized spacial score (nSPS) is 15.9. The molecule has 1 fully saturated rings. The molecular weight excluding hydrogens is 384 g/mol. The van der Waals surface area contributed by atoms with Gasteiger partial charge in [-0.2, -0.15) is 4.98 Å². The Hall–Kier alpha value is -2.79. The van der Waals surface area contributed by atoms with Gasteiger partial charge < -0.3 is 15.8 Å². The maximum Gasteiger partial charge on any atom is 0.224 e. The third-order valence-electron chi connectivity index (χ3n) is 4.52. The van der Waals surface area contributed by atoms with Gasteiger partial charge in [0, 0.05) is 31.5 Å². The number of carbonyl (C=O) groups excluding carboxylic acids is 1. The standard InChI is InChI=1S/C17H22N6O4S/c1-27-13-4-3-7-19-14(13)15(24)12-10-20-17(22-16(12)18)21-11-5-8-23(9-6-11)28(2,25)26/h3-4,7,10-11H,5-6,8-9H2,1-2H3,(H3,18,20,21,22). The molecule has 11 heteroatoms. The van der Waals surface area contributed by atoms with Crippen LogP contribution in [-0.4, -0.2) is 66.0 Å². The summed E-state index contributed by atoms with van der Waals surface area (Å²) in [6.07, 6.45) is 5.31.